The highest BCUT2D eigenvalue weighted by molar-refractivity contribution is 6.31. The van der Waals surface area contributed by atoms with Crippen molar-refractivity contribution in [3.05, 3.63) is 57.7 Å². The molecular formula is C17H19ClN4O. The smallest absolute Gasteiger partial charge is 0.293 e. The van der Waals surface area contributed by atoms with E-state index in [9.17, 15) is 4.79 Å². The number of aromatic nitrogens is 3. The van der Waals surface area contributed by atoms with E-state index in [1.165, 1.54) is 10.9 Å². The van der Waals surface area contributed by atoms with Gasteiger partial charge in [-0.05, 0) is 31.0 Å². The van der Waals surface area contributed by atoms with Crippen molar-refractivity contribution in [2.75, 3.05) is 11.9 Å². The first-order valence-electron chi connectivity index (χ1n) is 7.63. The molecule has 120 valence electrons. The van der Waals surface area contributed by atoms with Crippen LogP contribution in [0.5, 0.6) is 0 Å². The van der Waals surface area contributed by atoms with Crippen LogP contribution in [-0.4, -0.2) is 20.7 Å². The zero-order valence-corrected chi connectivity index (χ0v) is 14.0. The van der Waals surface area contributed by atoms with Crippen molar-refractivity contribution in [1.29, 1.82) is 0 Å². The van der Waals surface area contributed by atoms with E-state index in [1.54, 1.807) is 17.0 Å². The minimum Gasteiger partial charge on any atom is -0.365 e. The molecule has 2 aromatic heterocycles. The Labute approximate surface area is 139 Å². The molecule has 1 aromatic carbocycles. The van der Waals surface area contributed by atoms with Gasteiger partial charge < -0.3 is 14.5 Å². The molecule has 0 atom stereocenters. The average molecular weight is 331 g/mol. The molecule has 0 radical (unpaired) electrons. The summed E-state index contributed by atoms with van der Waals surface area (Å²) in [6.07, 6.45) is 6.25. The molecule has 5 nitrogen and oxygen atoms in total. The molecule has 0 saturated carbocycles. The van der Waals surface area contributed by atoms with Crippen LogP contribution in [0.15, 0.2) is 41.6 Å². The van der Waals surface area contributed by atoms with Crippen LogP contribution in [0.25, 0.3) is 10.9 Å². The number of halogens is 1. The van der Waals surface area contributed by atoms with Crippen LogP contribution in [0.1, 0.15) is 12.5 Å². The van der Waals surface area contributed by atoms with E-state index in [1.807, 2.05) is 32.2 Å². The van der Waals surface area contributed by atoms with Gasteiger partial charge in [-0.3, -0.25) is 4.79 Å². The number of aryl methyl sites for hydroxylation is 2. The summed E-state index contributed by atoms with van der Waals surface area (Å²) in [7, 11) is 2.01. The quantitative estimate of drug-likeness (QED) is 0.782. The van der Waals surface area contributed by atoms with E-state index in [2.05, 4.69) is 21.1 Å². The number of nitrogens with zero attached hydrogens (tertiary/aromatic N) is 3. The van der Waals surface area contributed by atoms with Gasteiger partial charge in [0.05, 0.1) is 0 Å². The van der Waals surface area contributed by atoms with Crippen LogP contribution < -0.4 is 10.9 Å². The zero-order valence-electron chi connectivity index (χ0n) is 13.2. The second-order valence-electron chi connectivity index (χ2n) is 5.47. The van der Waals surface area contributed by atoms with Crippen molar-refractivity contribution < 1.29 is 0 Å². The number of hydrogen-bond donors (Lipinski definition) is 1. The van der Waals surface area contributed by atoms with Gasteiger partial charge in [0.25, 0.3) is 5.56 Å². The maximum absolute atomic E-state index is 12.1. The lowest BCUT2D eigenvalue weighted by Gasteiger charge is -2.07. The first-order chi connectivity index (χ1) is 11.1. The van der Waals surface area contributed by atoms with Gasteiger partial charge in [0, 0.05) is 54.7 Å². The number of anilines is 1. The monoisotopic (exact) mass is 330 g/mol. The van der Waals surface area contributed by atoms with Crippen LogP contribution in [0.3, 0.4) is 0 Å². The topological polar surface area (TPSA) is 51.9 Å². The van der Waals surface area contributed by atoms with E-state index in [-0.39, 0.29) is 5.56 Å². The van der Waals surface area contributed by atoms with Gasteiger partial charge in [0.15, 0.2) is 5.82 Å². The van der Waals surface area contributed by atoms with Gasteiger partial charge >= 0.3 is 0 Å². The molecule has 0 saturated heterocycles. The lowest BCUT2D eigenvalue weighted by molar-refractivity contribution is 0.718. The SMILES string of the molecule is CCn1ccnc(NCCc2cn(C)c3cc(Cl)ccc23)c1=O. The highest BCUT2D eigenvalue weighted by Crippen LogP contribution is 2.24. The Morgan fingerprint density at radius 1 is 1.35 bits per heavy atom. The Hall–Kier alpha value is -2.27. The van der Waals surface area contributed by atoms with E-state index in [4.69, 9.17) is 11.6 Å². The highest BCUT2D eigenvalue weighted by atomic mass is 35.5. The third kappa shape index (κ3) is 3.10. The summed E-state index contributed by atoms with van der Waals surface area (Å²) in [5.41, 5.74) is 2.25. The molecule has 0 spiro atoms. The largest absolute Gasteiger partial charge is 0.365 e. The van der Waals surface area contributed by atoms with Gasteiger partial charge in [-0.1, -0.05) is 17.7 Å². The minimum absolute atomic E-state index is 0.0836. The average Bonchev–Trinajstić information content (AvgIpc) is 2.85. The van der Waals surface area contributed by atoms with Crippen LogP contribution in [0, 0.1) is 0 Å². The first-order valence-corrected chi connectivity index (χ1v) is 8.00. The molecule has 0 fully saturated rings. The summed E-state index contributed by atoms with van der Waals surface area (Å²) in [6, 6.07) is 5.91. The molecule has 0 bridgehead atoms. The Balaban J connectivity index is 1.76. The molecule has 2 heterocycles. The maximum Gasteiger partial charge on any atom is 0.293 e. The summed E-state index contributed by atoms with van der Waals surface area (Å²) in [4.78, 5) is 16.2. The summed E-state index contributed by atoms with van der Waals surface area (Å²) < 4.78 is 3.70. The minimum atomic E-state index is -0.0836. The standard InChI is InChI=1S/C17H19ClN4O/c1-3-22-9-8-20-16(17(22)23)19-7-6-12-11-21(2)15-10-13(18)4-5-14(12)15/h4-5,8-11H,3,6-7H2,1-2H3,(H,19,20). The highest BCUT2D eigenvalue weighted by Gasteiger charge is 2.08. The van der Waals surface area contributed by atoms with Crippen LogP contribution in [0.4, 0.5) is 5.82 Å². The van der Waals surface area contributed by atoms with Crippen LogP contribution in [0.2, 0.25) is 5.02 Å². The maximum atomic E-state index is 12.1. The van der Waals surface area contributed by atoms with Gasteiger partial charge in [0.1, 0.15) is 0 Å². The normalized spacial score (nSPS) is 11.1. The van der Waals surface area contributed by atoms with Crippen molar-refractivity contribution in [3.63, 3.8) is 0 Å². The third-order valence-corrected chi connectivity index (χ3v) is 4.21. The second kappa shape index (κ2) is 6.46. The molecule has 0 aliphatic heterocycles. The van der Waals surface area contributed by atoms with Gasteiger partial charge in [-0.15, -0.1) is 0 Å². The summed E-state index contributed by atoms with van der Waals surface area (Å²) in [5, 5.41) is 5.06. The molecule has 0 aliphatic carbocycles. The molecule has 0 aliphatic rings. The van der Waals surface area contributed by atoms with E-state index in [0.29, 0.717) is 18.9 Å². The summed E-state index contributed by atoms with van der Waals surface area (Å²) >= 11 is 6.06. The lowest BCUT2D eigenvalue weighted by atomic mass is 10.1. The van der Waals surface area contributed by atoms with Crippen molar-refractivity contribution in [2.45, 2.75) is 19.9 Å². The molecule has 3 rings (SSSR count). The molecule has 23 heavy (non-hydrogen) atoms. The molecule has 0 unspecified atom stereocenters. The molecular weight excluding hydrogens is 312 g/mol. The fourth-order valence-electron chi connectivity index (χ4n) is 2.77. The van der Waals surface area contributed by atoms with Crippen LogP contribution >= 0.6 is 11.6 Å². The molecule has 6 heteroatoms. The molecule has 0 amide bonds. The number of benzene rings is 1. The Kier molecular flexibility index (Phi) is 4.39. The number of rotatable bonds is 5. The fraction of sp³-hybridized carbons (Fsp3) is 0.294. The van der Waals surface area contributed by atoms with E-state index < -0.39 is 0 Å². The number of fused-ring (bicyclic) bond motifs is 1. The molecule has 3 aromatic rings. The lowest BCUT2D eigenvalue weighted by Crippen LogP contribution is -2.24. The van der Waals surface area contributed by atoms with Gasteiger partial charge in [0.2, 0.25) is 0 Å². The zero-order chi connectivity index (χ0) is 16.4. The number of nitrogens with one attached hydrogen (secondary N) is 1. The Morgan fingerprint density at radius 3 is 2.96 bits per heavy atom. The number of hydrogen-bond acceptors (Lipinski definition) is 3. The summed E-state index contributed by atoms with van der Waals surface area (Å²) in [6.45, 7) is 3.23. The van der Waals surface area contributed by atoms with Crippen molar-refractivity contribution in [3.8, 4) is 0 Å². The van der Waals surface area contributed by atoms with Crippen molar-refractivity contribution in [2.24, 2.45) is 7.05 Å². The fourth-order valence-corrected chi connectivity index (χ4v) is 2.94. The Bertz CT molecular complexity index is 897. The summed E-state index contributed by atoms with van der Waals surface area (Å²) in [5.74, 6) is 0.401. The van der Waals surface area contributed by atoms with E-state index in [0.717, 1.165) is 17.0 Å². The van der Waals surface area contributed by atoms with E-state index >= 15 is 0 Å². The predicted octanol–water partition coefficient (Wildman–Crippen LogP) is 3.06. The van der Waals surface area contributed by atoms with Crippen molar-refractivity contribution >= 4 is 28.3 Å². The predicted molar refractivity (Wildman–Crippen MR) is 94.3 cm³/mol. The molecule has 1 N–H and O–H groups in total. The second-order valence-corrected chi connectivity index (χ2v) is 5.91. The van der Waals surface area contributed by atoms with Crippen LogP contribution in [-0.2, 0) is 20.0 Å². The van der Waals surface area contributed by atoms with Crippen molar-refractivity contribution in [1.82, 2.24) is 14.1 Å². The van der Waals surface area contributed by atoms with Gasteiger partial charge in [-0.2, -0.15) is 0 Å². The third-order valence-electron chi connectivity index (χ3n) is 3.98. The Morgan fingerprint density at radius 2 is 2.17 bits per heavy atom. The van der Waals surface area contributed by atoms with Gasteiger partial charge in [-0.25, -0.2) is 4.98 Å². The first kappa shape index (κ1) is 15.6.